The van der Waals surface area contributed by atoms with Crippen molar-refractivity contribution >= 4 is 0 Å². The fourth-order valence-corrected chi connectivity index (χ4v) is 6.18. The van der Waals surface area contributed by atoms with Crippen LogP contribution in [0.5, 0.6) is 0 Å². The SMILES string of the molecule is C1=C[C@@H]2O[C@H](c3ccccc3)O[C@@H]2[C@@H]2[C@H]1[C@@H]1C=C[C@H]2[C@H]2O[C@@H](c3ccccc3)O[C@@H]12. The van der Waals surface area contributed by atoms with Gasteiger partial charge in [0, 0.05) is 28.9 Å². The quantitative estimate of drug-likeness (QED) is 0.692. The lowest BCUT2D eigenvalue weighted by Gasteiger charge is -2.52. The van der Waals surface area contributed by atoms with Gasteiger partial charge in [-0.05, 0) is 5.92 Å². The predicted octanol–water partition coefficient (Wildman–Crippen LogP) is 4.57. The minimum Gasteiger partial charge on any atom is -0.342 e. The summed E-state index contributed by atoms with van der Waals surface area (Å²) in [7, 11) is 0. The van der Waals surface area contributed by atoms with Gasteiger partial charge in [0.05, 0.1) is 18.3 Å². The molecule has 10 atom stereocenters. The molecule has 0 spiro atoms. The molecule has 0 aromatic heterocycles. The summed E-state index contributed by atoms with van der Waals surface area (Å²) in [6, 6.07) is 20.5. The molecule has 1 saturated carbocycles. The van der Waals surface area contributed by atoms with Crippen LogP contribution in [-0.2, 0) is 18.9 Å². The highest BCUT2D eigenvalue weighted by Crippen LogP contribution is 2.57. The molecule has 2 saturated heterocycles. The van der Waals surface area contributed by atoms with Gasteiger partial charge in [-0.15, -0.1) is 0 Å². The summed E-state index contributed by atoms with van der Waals surface area (Å²) >= 11 is 0. The fraction of sp³-hybridized carbons (Fsp3) is 0.385. The zero-order chi connectivity index (χ0) is 19.7. The molecule has 2 bridgehead atoms. The number of ether oxygens (including phenoxy) is 4. The van der Waals surface area contributed by atoms with Gasteiger partial charge >= 0.3 is 0 Å². The second-order valence-corrected chi connectivity index (χ2v) is 8.97. The molecule has 2 heterocycles. The highest BCUT2D eigenvalue weighted by Gasteiger charge is 2.61. The summed E-state index contributed by atoms with van der Waals surface area (Å²) in [6.45, 7) is 0. The van der Waals surface area contributed by atoms with E-state index in [0.717, 1.165) is 11.1 Å². The molecule has 0 unspecified atom stereocenters. The molecule has 0 amide bonds. The summed E-state index contributed by atoms with van der Waals surface area (Å²) < 4.78 is 25.8. The van der Waals surface area contributed by atoms with Gasteiger partial charge in [0.25, 0.3) is 0 Å². The molecule has 4 nitrogen and oxygen atoms in total. The first-order valence-corrected chi connectivity index (χ1v) is 11.0. The lowest BCUT2D eigenvalue weighted by atomic mass is 9.56. The molecule has 3 fully saturated rings. The summed E-state index contributed by atoms with van der Waals surface area (Å²) in [4.78, 5) is 0. The number of benzene rings is 2. The standard InChI is InChI=1S/C26H24O4/c1-3-7-15(8-4-1)25-27-20-14-13-17-18-11-12-19(21(17)24(20)30-25)23-22(18)28-26(29-23)16-9-5-2-6-10-16/h1-14,17-26H/t17-,18+,19-,20+,21-,22+,23-,24+,25+,26+/m1/s1. The summed E-state index contributed by atoms with van der Waals surface area (Å²) in [5.41, 5.74) is 2.17. The Morgan fingerprint density at radius 2 is 1.00 bits per heavy atom. The Balaban J connectivity index is 1.18. The number of fused-ring (bicyclic) bond motifs is 1. The van der Waals surface area contributed by atoms with Crippen molar-refractivity contribution in [3.8, 4) is 0 Å². The van der Waals surface area contributed by atoms with Gasteiger partial charge < -0.3 is 18.9 Å². The van der Waals surface area contributed by atoms with Crippen molar-refractivity contribution in [2.45, 2.75) is 37.0 Å². The Labute approximate surface area is 176 Å². The zero-order valence-electron chi connectivity index (χ0n) is 16.5. The third kappa shape index (κ3) is 2.48. The summed E-state index contributed by atoms with van der Waals surface area (Å²) in [6.07, 6.45) is 8.86. The molecule has 30 heavy (non-hydrogen) atoms. The molecular formula is C26H24O4. The van der Waals surface area contributed by atoms with E-state index in [1.807, 2.05) is 36.4 Å². The van der Waals surface area contributed by atoms with E-state index < -0.39 is 0 Å². The van der Waals surface area contributed by atoms with Crippen LogP contribution in [0.3, 0.4) is 0 Å². The number of hydrogen-bond donors (Lipinski definition) is 0. The van der Waals surface area contributed by atoms with Crippen molar-refractivity contribution in [1.29, 1.82) is 0 Å². The topological polar surface area (TPSA) is 36.9 Å². The van der Waals surface area contributed by atoms with Crippen LogP contribution in [0.15, 0.2) is 85.0 Å². The van der Waals surface area contributed by atoms with Gasteiger partial charge in [-0.25, -0.2) is 0 Å². The largest absolute Gasteiger partial charge is 0.342 e. The van der Waals surface area contributed by atoms with Gasteiger partial charge in [0.15, 0.2) is 12.6 Å². The second kappa shape index (κ2) is 6.63. The van der Waals surface area contributed by atoms with Crippen LogP contribution < -0.4 is 0 Å². The van der Waals surface area contributed by atoms with E-state index in [0.29, 0.717) is 17.8 Å². The van der Waals surface area contributed by atoms with Crippen LogP contribution in [-0.4, -0.2) is 24.4 Å². The van der Waals surface area contributed by atoms with E-state index >= 15 is 0 Å². The van der Waals surface area contributed by atoms with Crippen LogP contribution in [0, 0.1) is 23.7 Å². The molecule has 4 aliphatic carbocycles. The molecule has 2 aliphatic heterocycles. The first-order chi connectivity index (χ1) is 14.9. The normalized spacial score (nSPS) is 45.2. The van der Waals surface area contributed by atoms with E-state index in [1.54, 1.807) is 0 Å². The van der Waals surface area contributed by atoms with E-state index in [4.69, 9.17) is 18.9 Å². The van der Waals surface area contributed by atoms with Crippen molar-refractivity contribution in [3.05, 3.63) is 96.1 Å². The molecule has 0 N–H and O–H groups in total. The monoisotopic (exact) mass is 400 g/mol. The molecule has 152 valence electrons. The van der Waals surface area contributed by atoms with E-state index in [1.165, 1.54) is 0 Å². The zero-order valence-corrected chi connectivity index (χ0v) is 16.5. The van der Waals surface area contributed by atoms with Crippen molar-refractivity contribution < 1.29 is 18.9 Å². The Kier molecular flexibility index (Phi) is 3.85. The predicted molar refractivity (Wildman–Crippen MR) is 110 cm³/mol. The minimum absolute atomic E-state index is 0.00472. The summed E-state index contributed by atoms with van der Waals surface area (Å²) in [5, 5.41) is 0. The van der Waals surface area contributed by atoms with Crippen molar-refractivity contribution in [2.24, 2.45) is 23.7 Å². The molecule has 6 aliphatic rings. The number of allylic oxidation sites excluding steroid dienone is 1. The van der Waals surface area contributed by atoms with Crippen LogP contribution in [0.2, 0.25) is 0 Å². The molecule has 0 radical (unpaired) electrons. The Bertz CT molecular complexity index is 987. The van der Waals surface area contributed by atoms with Gasteiger partial charge in [-0.1, -0.05) is 85.0 Å². The fourth-order valence-electron chi connectivity index (χ4n) is 6.18. The molecular weight excluding hydrogens is 376 g/mol. The minimum atomic E-state index is -0.303. The van der Waals surface area contributed by atoms with Crippen LogP contribution in [0.25, 0.3) is 0 Å². The van der Waals surface area contributed by atoms with Crippen molar-refractivity contribution in [1.82, 2.24) is 0 Å². The number of hydrogen-bond acceptors (Lipinski definition) is 4. The molecule has 2 aromatic rings. The third-order valence-corrected chi connectivity index (χ3v) is 7.46. The molecule has 2 aromatic carbocycles. The van der Waals surface area contributed by atoms with Gasteiger partial charge in [0.2, 0.25) is 0 Å². The molecule has 4 heteroatoms. The van der Waals surface area contributed by atoms with E-state index in [-0.39, 0.29) is 42.9 Å². The second-order valence-electron chi connectivity index (χ2n) is 8.97. The Morgan fingerprint density at radius 1 is 0.467 bits per heavy atom. The van der Waals surface area contributed by atoms with Crippen LogP contribution >= 0.6 is 0 Å². The van der Waals surface area contributed by atoms with Crippen molar-refractivity contribution in [2.75, 3.05) is 0 Å². The first kappa shape index (κ1) is 17.4. The highest BCUT2D eigenvalue weighted by molar-refractivity contribution is 5.28. The van der Waals surface area contributed by atoms with Gasteiger partial charge in [0.1, 0.15) is 6.10 Å². The third-order valence-electron chi connectivity index (χ3n) is 7.46. The molecule has 8 rings (SSSR count). The number of rotatable bonds is 2. The maximum atomic E-state index is 6.53. The average Bonchev–Trinajstić information content (AvgIpc) is 3.46. The summed E-state index contributed by atoms with van der Waals surface area (Å²) in [5.74, 6) is 1.34. The maximum Gasteiger partial charge on any atom is 0.185 e. The lowest BCUT2D eigenvalue weighted by Crippen LogP contribution is -2.58. The average molecular weight is 400 g/mol. The Hall–Kier alpha value is -2.24. The van der Waals surface area contributed by atoms with Crippen molar-refractivity contribution in [3.63, 3.8) is 0 Å². The van der Waals surface area contributed by atoms with E-state index in [2.05, 4.69) is 48.6 Å². The highest BCUT2D eigenvalue weighted by atomic mass is 16.7. The Morgan fingerprint density at radius 3 is 1.70 bits per heavy atom. The van der Waals surface area contributed by atoms with Crippen LogP contribution in [0.4, 0.5) is 0 Å². The smallest absolute Gasteiger partial charge is 0.185 e. The first-order valence-electron chi connectivity index (χ1n) is 11.0. The van der Waals surface area contributed by atoms with Gasteiger partial charge in [-0.3, -0.25) is 0 Å². The van der Waals surface area contributed by atoms with Gasteiger partial charge in [-0.2, -0.15) is 0 Å². The van der Waals surface area contributed by atoms with Crippen LogP contribution in [0.1, 0.15) is 23.7 Å². The lowest BCUT2D eigenvalue weighted by molar-refractivity contribution is -0.107. The maximum absolute atomic E-state index is 6.53. The van der Waals surface area contributed by atoms with E-state index in [9.17, 15) is 0 Å².